The first-order valence-corrected chi connectivity index (χ1v) is 11.4. The number of allylic oxidation sites excluding steroid dienone is 2. The maximum atomic E-state index is 14.3. The van der Waals surface area contributed by atoms with E-state index in [4.69, 9.17) is 0 Å². The molecule has 1 aliphatic rings. The molecular formula is C22H23F3N2O3S. The van der Waals surface area contributed by atoms with Gasteiger partial charge in [0, 0.05) is 40.4 Å². The lowest BCUT2D eigenvalue weighted by Gasteiger charge is -2.42. The van der Waals surface area contributed by atoms with Gasteiger partial charge in [-0.3, -0.25) is 4.79 Å². The Kier molecular flexibility index (Phi) is 5.79. The molecule has 166 valence electrons. The predicted molar refractivity (Wildman–Crippen MR) is 112 cm³/mol. The minimum absolute atomic E-state index is 0.120. The zero-order valence-electron chi connectivity index (χ0n) is 17.2. The SMILES string of the molecule is CC1(NS(C)(=O)=O)C=C(C(=O)c2ccccc2)C(C)(Cc2ccc[nH]2)C(C(F)(F)F)=C1. The molecule has 0 fully saturated rings. The molecule has 0 spiro atoms. The number of carbonyl (C=O) groups excluding carboxylic acids is 1. The Morgan fingerprint density at radius 3 is 2.23 bits per heavy atom. The summed E-state index contributed by atoms with van der Waals surface area (Å²) < 4.78 is 68.9. The Morgan fingerprint density at radius 1 is 1.06 bits per heavy atom. The van der Waals surface area contributed by atoms with Gasteiger partial charge in [0.1, 0.15) is 0 Å². The molecule has 31 heavy (non-hydrogen) atoms. The first kappa shape index (κ1) is 23.0. The highest BCUT2D eigenvalue weighted by atomic mass is 32.2. The molecule has 0 amide bonds. The van der Waals surface area contributed by atoms with Crippen LogP contribution in [0.1, 0.15) is 29.9 Å². The van der Waals surface area contributed by atoms with Crippen LogP contribution in [0.5, 0.6) is 0 Å². The summed E-state index contributed by atoms with van der Waals surface area (Å²) in [6, 6.07) is 11.3. The van der Waals surface area contributed by atoms with E-state index in [1.807, 2.05) is 0 Å². The van der Waals surface area contributed by atoms with Crippen LogP contribution in [0.4, 0.5) is 13.2 Å². The quantitative estimate of drug-likeness (QED) is 0.510. The molecule has 3 rings (SSSR count). The van der Waals surface area contributed by atoms with Crippen LogP contribution in [0, 0.1) is 5.41 Å². The van der Waals surface area contributed by atoms with E-state index < -0.39 is 38.5 Å². The monoisotopic (exact) mass is 452 g/mol. The van der Waals surface area contributed by atoms with Crippen molar-refractivity contribution in [3.05, 3.63) is 83.2 Å². The number of sulfonamides is 1. The summed E-state index contributed by atoms with van der Waals surface area (Å²) in [6.45, 7) is 2.66. The van der Waals surface area contributed by atoms with Gasteiger partial charge in [-0.2, -0.15) is 13.2 Å². The highest BCUT2D eigenvalue weighted by Gasteiger charge is 2.53. The van der Waals surface area contributed by atoms with E-state index in [1.165, 1.54) is 32.1 Å². The van der Waals surface area contributed by atoms with Gasteiger partial charge in [0.2, 0.25) is 10.0 Å². The number of H-pyrrole nitrogens is 1. The van der Waals surface area contributed by atoms with Crippen molar-refractivity contribution in [2.24, 2.45) is 5.41 Å². The zero-order valence-corrected chi connectivity index (χ0v) is 18.1. The number of halogens is 3. The van der Waals surface area contributed by atoms with Crippen molar-refractivity contribution in [3.8, 4) is 0 Å². The fourth-order valence-electron chi connectivity index (χ4n) is 4.07. The third-order valence-corrected chi connectivity index (χ3v) is 6.09. The first-order valence-electron chi connectivity index (χ1n) is 9.48. The molecule has 1 aromatic carbocycles. The van der Waals surface area contributed by atoms with E-state index in [0.29, 0.717) is 5.69 Å². The molecule has 1 aromatic heterocycles. The summed E-state index contributed by atoms with van der Waals surface area (Å²) in [5, 5.41) is 0. The van der Waals surface area contributed by atoms with Crippen molar-refractivity contribution >= 4 is 15.8 Å². The second-order valence-electron chi connectivity index (χ2n) is 8.17. The summed E-state index contributed by atoms with van der Waals surface area (Å²) in [6.07, 6.45) is -0.307. The molecule has 0 bridgehead atoms. The van der Waals surface area contributed by atoms with E-state index in [0.717, 1.165) is 12.3 Å². The molecule has 2 N–H and O–H groups in total. The number of Topliss-reactive ketones (excluding diaryl/α,β-unsaturated/α-hetero) is 1. The van der Waals surface area contributed by atoms with Crippen LogP contribution in [-0.2, 0) is 16.4 Å². The molecule has 1 aliphatic carbocycles. The average Bonchev–Trinajstić information content (AvgIpc) is 3.14. The number of aromatic nitrogens is 1. The maximum absolute atomic E-state index is 14.3. The summed E-state index contributed by atoms with van der Waals surface area (Å²) in [7, 11) is -3.88. The van der Waals surface area contributed by atoms with E-state index in [2.05, 4.69) is 9.71 Å². The molecule has 0 saturated heterocycles. The molecule has 2 unspecified atom stereocenters. The Bertz CT molecular complexity index is 1140. The maximum Gasteiger partial charge on any atom is 0.413 e. The number of hydrogen-bond donors (Lipinski definition) is 2. The fourth-order valence-corrected chi connectivity index (χ4v) is 4.98. The van der Waals surface area contributed by atoms with Crippen LogP contribution < -0.4 is 4.72 Å². The van der Waals surface area contributed by atoms with Crippen molar-refractivity contribution in [1.82, 2.24) is 9.71 Å². The standard InChI is InChI=1S/C22H23F3N2O3S/c1-20(27-31(3,29)30)13-17(19(28)15-8-5-4-6-9-15)21(2,12-16-10-7-11-26-16)18(14-20)22(23,24)25/h4-11,13-14,26-27H,12H2,1-3H3. The van der Waals surface area contributed by atoms with Crippen molar-refractivity contribution in [3.63, 3.8) is 0 Å². The Morgan fingerprint density at radius 2 is 1.71 bits per heavy atom. The topological polar surface area (TPSA) is 79.0 Å². The van der Waals surface area contributed by atoms with E-state index in [1.54, 1.807) is 36.5 Å². The van der Waals surface area contributed by atoms with Crippen molar-refractivity contribution in [2.45, 2.75) is 32.0 Å². The van der Waals surface area contributed by atoms with Gasteiger partial charge >= 0.3 is 6.18 Å². The number of alkyl halides is 3. The van der Waals surface area contributed by atoms with Gasteiger partial charge in [-0.15, -0.1) is 0 Å². The van der Waals surface area contributed by atoms with Crippen molar-refractivity contribution in [2.75, 3.05) is 6.26 Å². The molecule has 1 heterocycles. The number of benzene rings is 1. The van der Waals surface area contributed by atoms with Crippen LogP contribution in [0.2, 0.25) is 0 Å². The zero-order chi connectivity index (χ0) is 23.1. The van der Waals surface area contributed by atoms with Crippen molar-refractivity contribution < 1.29 is 26.4 Å². The lowest BCUT2D eigenvalue weighted by Crippen LogP contribution is -2.49. The van der Waals surface area contributed by atoms with Gasteiger partial charge in [0.25, 0.3) is 0 Å². The van der Waals surface area contributed by atoms with Crippen molar-refractivity contribution in [1.29, 1.82) is 0 Å². The summed E-state index contributed by atoms with van der Waals surface area (Å²) in [5.74, 6) is -0.592. The Hall–Kier alpha value is -2.65. The smallest absolute Gasteiger partial charge is 0.365 e. The molecule has 0 aliphatic heterocycles. The first-order chi connectivity index (χ1) is 14.2. The van der Waals surface area contributed by atoms with Gasteiger partial charge in [0.15, 0.2) is 5.78 Å². The molecule has 0 saturated carbocycles. The molecular weight excluding hydrogens is 429 g/mol. The van der Waals surface area contributed by atoms with E-state index in [-0.39, 0.29) is 17.6 Å². The predicted octanol–water partition coefficient (Wildman–Crippen LogP) is 4.18. The molecule has 2 aromatic rings. The highest BCUT2D eigenvalue weighted by Crippen LogP contribution is 2.51. The number of ketones is 1. The summed E-state index contributed by atoms with van der Waals surface area (Å²) in [5.41, 5.74) is -3.83. The normalized spacial score (nSPS) is 24.5. The van der Waals surface area contributed by atoms with Gasteiger partial charge in [-0.1, -0.05) is 49.4 Å². The summed E-state index contributed by atoms with van der Waals surface area (Å²) >= 11 is 0. The molecule has 0 radical (unpaired) electrons. The summed E-state index contributed by atoms with van der Waals surface area (Å²) in [4.78, 5) is 16.3. The molecule has 9 heteroatoms. The lowest BCUT2D eigenvalue weighted by atomic mass is 9.64. The third kappa shape index (κ3) is 4.99. The van der Waals surface area contributed by atoms with E-state index >= 15 is 0 Å². The average molecular weight is 452 g/mol. The van der Waals surface area contributed by atoms with Gasteiger partial charge in [-0.25, -0.2) is 13.1 Å². The minimum atomic E-state index is -4.79. The second-order valence-corrected chi connectivity index (χ2v) is 9.92. The second kappa shape index (κ2) is 7.80. The van der Waals surface area contributed by atoms with E-state index in [9.17, 15) is 26.4 Å². The largest absolute Gasteiger partial charge is 0.413 e. The molecule has 5 nitrogen and oxygen atoms in total. The van der Waals surface area contributed by atoms with Crippen LogP contribution >= 0.6 is 0 Å². The third-order valence-electron chi connectivity index (χ3n) is 5.27. The van der Waals surface area contributed by atoms with Gasteiger partial charge in [0.05, 0.1) is 11.8 Å². The Balaban J connectivity index is 2.26. The van der Waals surface area contributed by atoms with Gasteiger partial charge < -0.3 is 4.98 Å². The highest BCUT2D eigenvalue weighted by molar-refractivity contribution is 7.88. The van der Waals surface area contributed by atoms with Crippen LogP contribution in [0.25, 0.3) is 0 Å². The van der Waals surface area contributed by atoms with Crippen LogP contribution in [-0.4, -0.2) is 37.2 Å². The van der Waals surface area contributed by atoms with Crippen LogP contribution in [0.15, 0.2) is 72.0 Å². The molecule has 2 atom stereocenters. The minimum Gasteiger partial charge on any atom is -0.365 e. The fraction of sp³-hybridized carbons (Fsp3) is 0.318. The Labute approximate surface area is 179 Å². The lowest BCUT2D eigenvalue weighted by molar-refractivity contribution is -0.104. The number of hydrogen-bond acceptors (Lipinski definition) is 3. The number of aromatic amines is 1. The van der Waals surface area contributed by atoms with Crippen LogP contribution in [0.3, 0.4) is 0 Å². The number of carbonyl (C=O) groups is 1. The van der Waals surface area contributed by atoms with Gasteiger partial charge in [-0.05, 0) is 19.1 Å². The number of nitrogens with one attached hydrogen (secondary N) is 2. The number of rotatable bonds is 6.